The molecule has 1 aliphatic rings. The number of hydrogen-bond donors (Lipinski definition) is 2. The highest BCUT2D eigenvalue weighted by Crippen LogP contribution is 2.19. The lowest BCUT2D eigenvalue weighted by molar-refractivity contribution is 0.166. The third-order valence-corrected chi connectivity index (χ3v) is 5.15. The van der Waals surface area contributed by atoms with E-state index in [1.54, 1.807) is 12.4 Å². The van der Waals surface area contributed by atoms with E-state index >= 15 is 0 Å². The Morgan fingerprint density at radius 1 is 1.33 bits per heavy atom. The highest BCUT2D eigenvalue weighted by molar-refractivity contribution is 7.09. The Hall–Kier alpha value is -1.92. The highest BCUT2D eigenvalue weighted by atomic mass is 32.1. The van der Waals surface area contributed by atoms with Crippen LogP contribution in [0.1, 0.15) is 23.3 Å². The molecule has 5 nitrogen and oxygen atoms in total. The molecule has 3 heterocycles. The van der Waals surface area contributed by atoms with E-state index in [4.69, 9.17) is 0 Å². The van der Waals surface area contributed by atoms with Gasteiger partial charge >= 0.3 is 6.03 Å². The van der Waals surface area contributed by atoms with Crippen molar-refractivity contribution in [1.29, 1.82) is 0 Å². The number of hydrogen-bond acceptors (Lipinski definition) is 4. The molecule has 0 aliphatic carbocycles. The number of piperidine rings is 1. The third kappa shape index (κ3) is 5.32. The smallest absolute Gasteiger partial charge is 0.315 e. The molecular weight excluding hydrogens is 320 g/mol. The second-order valence-electron chi connectivity index (χ2n) is 6.25. The molecule has 0 spiro atoms. The molecule has 6 heteroatoms. The first kappa shape index (κ1) is 16.9. The standard InChI is InChI=1S/C18H24N4OS/c23-18(20-11-15-4-1-7-19-10-15)21-12-16-5-2-8-22(13-16)14-17-6-3-9-24-17/h1,3-4,6-7,9-10,16H,2,5,8,11-14H2,(H2,20,21,23). The summed E-state index contributed by atoms with van der Waals surface area (Å²) < 4.78 is 0. The van der Waals surface area contributed by atoms with Gasteiger partial charge in [0.25, 0.3) is 0 Å². The molecule has 2 aromatic heterocycles. The monoisotopic (exact) mass is 344 g/mol. The van der Waals surface area contributed by atoms with Gasteiger partial charge in [-0.2, -0.15) is 0 Å². The van der Waals surface area contributed by atoms with Gasteiger partial charge in [-0.1, -0.05) is 12.1 Å². The van der Waals surface area contributed by atoms with Crippen LogP contribution < -0.4 is 10.6 Å². The molecule has 24 heavy (non-hydrogen) atoms. The minimum absolute atomic E-state index is 0.103. The van der Waals surface area contributed by atoms with E-state index in [2.05, 4.69) is 38.0 Å². The minimum atomic E-state index is -0.103. The van der Waals surface area contributed by atoms with E-state index in [9.17, 15) is 4.79 Å². The Labute approximate surface area is 147 Å². The zero-order valence-electron chi connectivity index (χ0n) is 13.8. The summed E-state index contributed by atoms with van der Waals surface area (Å²) in [6, 6.07) is 8.03. The Morgan fingerprint density at radius 2 is 2.29 bits per heavy atom. The van der Waals surface area contributed by atoms with Crippen LogP contribution in [0.4, 0.5) is 4.79 Å². The molecule has 0 saturated carbocycles. The fourth-order valence-corrected chi connectivity index (χ4v) is 3.82. The lowest BCUT2D eigenvalue weighted by Gasteiger charge is -2.32. The van der Waals surface area contributed by atoms with Crippen LogP contribution in [0.5, 0.6) is 0 Å². The Kier molecular flexibility index (Phi) is 6.20. The first-order chi connectivity index (χ1) is 11.8. The molecule has 3 rings (SSSR count). The number of thiophene rings is 1. The number of likely N-dealkylation sites (tertiary alicyclic amines) is 1. The van der Waals surface area contributed by atoms with Crippen molar-refractivity contribution in [3.8, 4) is 0 Å². The van der Waals surface area contributed by atoms with E-state index in [1.165, 1.54) is 17.7 Å². The SMILES string of the molecule is O=C(NCc1cccnc1)NCC1CCCN(Cc2cccs2)C1. The van der Waals surface area contributed by atoms with Gasteiger partial charge < -0.3 is 10.6 Å². The van der Waals surface area contributed by atoms with Gasteiger partial charge in [0.15, 0.2) is 0 Å². The van der Waals surface area contributed by atoms with Crippen molar-refractivity contribution in [3.63, 3.8) is 0 Å². The number of nitrogens with one attached hydrogen (secondary N) is 2. The molecule has 1 fully saturated rings. The van der Waals surface area contributed by atoms with Gasteiger partial charge in [-0.3, -0.25) is 9.88 Å². The lowest BCUT2D eigenvalue weighted by Crippen LogP contribution is -2.43. The van der Waals surface area contributed by atoms with Crippen LogP contribution in [0.25, 0.3) is 0 Å². The van der Waals surface area contributed by atoms with Gasteiger partial charge in [0.2, 0.25) is 0 Å². The summed E-state index contributed by atoms with van der Waals surface area (Å²) in [4.78, 5) is 19.9. The quantitative estimate of drug-likeness (QED) is 0.847. The third-order valence-electron chi connectivity index (χ3n) is 4.29. The normalized spacial score (nSPS) is 18.2. The Morgan fingerprint density at radius 3 is 3.08 bits per heavy atom. The van der Waals surface area contributed by atoms with E-state index in [0.717, 1.165) is 31.7 Å². The molecule has 2 amide bonds. The van der Waals surface area contributed by atoms with E-state index in [0.29, 0.717) is 12.5 Å². The number of rotatable bonds is 6. The number of urea groups is 1. The predicted octanol–water partition coefficient (Wildman–Crippen LogP) is 2.85. The molecule has 2 aromatic rings. The Bertz CT molecular complexity index is 617. The van der Waals surface area contributed by atoms with Crippen LogP contribution in [0, 0.1) is 5.92 Å². The second kappa shape index (κ2) is 8.80. The fraction of sp³-hybridized carbons (Fsp3) is 0.444. The molecular formula is C18H24N4OS. The number of amides is 2. The van der Waals surface area contributed by atoms with Crippen molar-refractivity contribution in [1.82, 2.24) is 20.5 Å². The van der Waals surface area contributed by atoms with Crippen molar-refractivity contribution in [2.24, 2.45) is 5.92 Å². The maximum absolute atomic E-state index is 11.9. The zero-order chi connectivity index (χ0) is 16.6. The molecule has 0 bridgehead atoms. The van der Waals surface area contributed by atoms with Gasteiger partial charge in [-0.15, -0.1) is 11.3 Å². The van der Waals surface area contributed by atoms with Crippen LogP contribution in [0.15, 0.2) is 42.0 Å². The van der Waals surface area contributed by atoms with Crippen LogP contribution in [0.3, 0.4) is 0 Å². The fourth-order valence-electron chi connectivity index (χ4n) is 3.07. The number of nitrogens with zero attached hydrogens (tertiary/aromatic N) is 2. The second-order valence-corrected chi connectivity index (χ2v) is 7.28. The minimum Gasteiger partial charge on any atom is -0.338 e. The van der Waals surface area contributed by atoms with Gasteiger partial charge in [0.05, 0.1) is 0 Å². The van der Waals surface area contributed by atoms with Crippen molar-refractivity contribution < 1.29 is 4.79 Å². The van der Waals surface area contributed by atoms with Crippen molar-refractivity contribution in [2.45, 2.75) is 25.9 Å². The summed E-state index contributed by atoms with van der Waals surface area (Å²) in [6.45, 7) is 4.48. The molecule has 128 valence electrons. The van der Waals surface area contributed by atoms with Crippen LogP contribution >= 0.6 is 11.3 Å². The number of carbonyl (C=O) groups excluding carboxylic acids is 1. The van der Waals surface area contributed by atoms with E-state index in [-0.39, 0.29) is 6.03 Å². The van der Waals surface area contributed by atoms with Crippen LogP contribution in [0.2, 0.25) is 0 Å². The van der Waals surface area contributed by atoms with Gasteiger partial charge in [-0.25, -0.2) is 4.79 Å². The first-order valence-electron chi connectivity index (χ1n) is 8.45. The number of aromatic nitrogens is 1. The van der Waals surface area contributed by atoms with Crippen LogP contribution in [-0.2, 0) is 13.1 Å². The van der Waals surface area contributed by atoms with Crippen molar-refractivity contribution in [2.75, 3.05) is 19.6 Å². The first-order valence-corrected chi connectivity index (χ1v) is 9.33. The summed E-state index contributed by atoms with van der Waals surface area (Å²) in [5, 5.41) is 8.02. The Balaban J connectivity index is 1.37. The molecule has 1 aliphatic heterocycles. The van der Waals surface area contributed by atoms with Gasteiger partial charge in [-0.05, 0) is 48.4 Å². The predicted molar refractivity (Wildman–Crippen MR) is 96.8 cm³/mol. The average molecular weight is 344 g/mol. The molecule has 1 saturated heterocycles. The van der Waals surface area contributed by atoms with Gasteiger partial charge in [0, 0.05) is 43.4 Å². The summed E-state index contributed by atoms with van der Waals surface area (Å²) in [5.41, 5.74) is 1.01. The van der Waals surface area contributed by atoms with E-state index in [1.807, 2.05) is 23.5 Å². The largest absolute Gasteiger partial charge is 0.338 e. The molecule has 1 atom stereocenters. The number of carbonyl (C=O) groups is 1. The maximum Gasteiger partial charge on any atom is 0.315 e. The zero-order valence-corrected chi connectivity index (χ0v) is 14.6. The molecule has 0 aromatic carbocycles. The number of pyridine rings is 1. The summed E-state index contributed by atoms with van der Waals surface area (Å²) in [7, 11) is 0. The average Bonchev–Trinajstić information content (AvgIpc) is 3.12. The maximum atomic E-state index is 11.9. The van der Waals surface area contributed by atoms with Crippen molar-refractivity contribution in [3.05, 3.63) is 52.5 Å². The summed E-state index contributed by atoms with van der Waals surface area (Å²) in [5.74, 6) is 0.530. The summed E-state index contributed by atoms with van der Waals surface area (Å²) in [6.07, 6.45) is 5.89. The van der Waals surface area contributed by atoms with Gasteiger partial charge in [0.1, 0.15) is 0 Å². The molecule has 2 N–H and O–H groups in total. The van der Waals surface area contributed by atoms with Crippen LogP contribution in [-0.4, -0.2) is 35.5 Å². The van der Waals surface area contributed by atoms with Crippen molar-refractivity contribution >= 4 is 17.4 Å². The molecule has 1 unspecified atom stereocenters. The van der Waals surface area contributed by atoms with E-state index < -0.39 is 0 Å². The highest BCUT2D eigenvalue weighted by Gasteiger charge is 2.20. The summed E-state index contributed by atoms with van der Waals surface area (Å²) >= 11 is 1.81. The lowest BCUT2D eigenvalue weighted by atomic mass is 9.98. The topological polar surface area (TPSA) is 57.3 Å². The molecule has 0 radical (unpaired) electrons.